The van der Waals surface area contributed by atoms with Gasteiger partial charge in [-0.05, 0) is 38.4 Å². The van der Waals surface area contributed by atoms with E-state index in [0.717, 1.165) is 11.1 Å². The predicted molar refractivity (Wildman–Crippen MR) is 168 cm³/mol. The fraction of sp³-hybridized carbons (Fsp3) is 0.515. The maximum absolute atomic E-state index is 13.4. The molecule has 0 aromatic heterocycles. The number of benzene rings is 2. The molecule has 13 nitrogen and oxygen atoms in total. The highest BCUT2D eigenvalue weighted by molar-refractivity contribution is 7.99. The second-order valence-electron chi connectivity index (χ2n) is 12.6. The number of methoxy groups -OCH3 is 1. The van der Waals surface area contributed by atoms with Crippen molar-refractivity contribution in [3.63, 3.8) is 0 Å². The Morgan fingerprint density at radius 2 is 1.87 bits per heavy atom. The second-order valence-corrected chi connectivity index (χ2v) is 13.8. The van der Waals surface area contributed by atoms with Gasteiger partial charge in [-0.15, -0.1) is 11.8 Å². The Labute approximate surface area is 276 Å². The van der Waals surface area contributed by atoms with E-state index in [9.17, 15) is 24.8 Å². The van der Waals surface area contributed by atoms with Gasteiger partial charge in [-0.2, -0.15) is 5.26 Å². The number of nitrogens with one attached hydrogen (secondary N) is 1. The van der Waals surface area contributed by atoms with E-state index in [1.54, 1.807) is 6.92 Å². The predicted octanol–water partition coefficient (Wildman–Crippen LogP) is 2.74. The zero-order chi connectivity index (χ0) is 33.5. The van der Waals surface area contributed by atoms with Crippen LogP contribution in [0.5, 0.6) is 28.7 Å². The number of nitriles is 1. The number of thioether (sulfide) groups is 1. The van der Waals surface area contributed by atoms with Crippen LogP contribution in [0.15, 0.2) is 6.07 Å². The van der Waals surface area contributed by atoms with E-state index in [2.05, 4.69) is 21.2 Å². The van der Waals surface area contributed by atoms with Gasteiger partial charge in [0.2, 0.25) is 12.7 Å². The lowest BCUT2D eigenvalue weighted by molar-refractivity contribution is -0.152. The normalized spacial score (nSPS) is 29.0. The molecule has 2 aromatic carbocycles. The first-order valence-corrected chi connectivity index (χ1v) is 16.5. The zero-order valence-corrected chi connectivity index (χ0v) is 27.7. The third kappa shape index (κ3) is 4.62. The molecule has 47 heavy (non-hydrogen) atoms. The summed E-state index contributed by atoms with van der Waals surface area (Å²) >= 11 is 1.39. The molecule has 0 radical (unpaired) electrons. The highest BCUT2D eigenvalue weighted by Gasteiger charge is 2.60. The van der Waals surface area contributed by atoms with Gasteiger partial charge in [0, 0.05) is 53.9 Å². The lowest BCUT2D eigenvalue weighted by Crippen LogP contribution is -2.69. The fourth-order valence-corrected chi connectivity index (χ4v) is 9.82. The molecule has 7 atom stereocenters. The fourth-order valence-electron chi connectivity index (χ4n) is 8.31. The number of amides is 1. The number of cyclic esters (lactones) is 1. The van der Waals surface area contributed by atoms with Crippen molar-refractivity contribution < 1.29 is 43.2 Å². The van der Waals surface area contributed by atoms with Crippen molar-refractivity contribution in [2.45, 2.75) is 75.6 Å². The van der Waals surface area contributed by atoms with Gasteiger partial charge in [-0.1, -0.05) is 6.07 Å². The number of likely N-dealkylation sites (N-methyl/N-ethyl adjacent to an activating group) is 1. The minimum Gasteiger partial charge on any atom is -0.504 e. The highest BCUT2D eigenvalue weighted by atomic mass is 32.2. The van der Waals surface area contributed by atoms with E-state index < -0.39 is 47.4 Å². The number of phenolic OH excluding ortho intramolecular Hbond substituents is 1. The summed E-state index contributed by atoms with van der Waals surface area (Å²) in [5.74, 6) is 0.248. The molecule has 4 bridgehead atoms. The van der Waals surface area contributed by atoms with E-state index in [-0.39, 0.29) is 36.9 Å². The third-order valence-corrected chi connectivity index (χ3v) is 11.4. The van der Waals surface area contributed by atoms with Gasteiger partial charge in [0.1, 0.15) is 24.4 Å². The van der Waals surface area contributed by atoms with Crippen LogP contribution in [-0.2, 0) is 25.5 Å². The Kier molecular flexibility index (Phi) is 7.69. The van der Waals surface area contributed by atoms with Gasteiger partial charge in [0.05, 0.1) is 30.5 Å². The number of piperazine rings is 1. The summed E-state index contributed by atoms with van der Waals surface area (Å²) in [4.78, 5) is 42.5. The number of rotatable bonds is 3. The molecule has 5 heterocycles. The van der Waals surface area contributed by atoms with Gasteiger partial charge in [0.25, 0.3) is 0 Å². The first-order valence-electron chi connectivity index (χ1n) is 15.5. The standard InChI is InChI=1S/C33H36N4O9S/c1-13-7-17-8-19-20(9-34)37-21-10-43-33(41)18(35-15(3)38)11-47-32(26(37)25(36(19)5)22(17)27(40)28(13)42-6)24-23(21)31-30(44-12-45-31)14(2)29(24)46-16(4)39/h7,18-21,25-26,32,40H,8,10-12H2,1-6H3,(H,35,38)/t18-,19-,20-,21+,25+,26?,32+/m0/s1. The Morgan fingerprint density at radius 3 is 2.55 bits per heavy atom. The number of fused-ring (bicyclic) bond motifs is 9. The smallest absolute Gasteiger partial charge is 0.329 e. The maximum atomic E-state index is 13.4. The van der Waals surface area contributed by atoms with Crippen LogP contribution >= 0.6 is 11.8 Å². The number of aromatic hydroxyl groups is 1. The topological polar surface area (TPSA) is 160 Å². The molecule has 0 aliphatic carbocycles. The number of nitrogens with zero attached hydrogens (tertiary/aromatic N) is 3. The summed E-state index contributed by atoms with van der Waals surface area (Å²) in [7, 11) is 3.48. The van der Waals surface area contributed by atoms with Crippen LogP contribution in [0.4, 0.5) is 0 Å². The van der Waals surface area contributed by atoms with E-state index in [1.807, 2.05) is 20.0 Å². The minimum atomic E-state index is -0.948. The van der Waals surface area contributed by atoms with Crippen LogP contribution < -0.4 is 24.3 Å². The summed E-state index contributed by atoms with van der Waals surface area (Å²) in [6, 6.07) is 1.02. The van der Waals surface area contributed by atoms with Crippen LogP contribution in [-0.4, -0.2) is 90.2 Å². The number of carbonyl (C=O) groups excluding carboxylic acids is 3. The van der Waals surface area contributed by atoms with Crippen LogP contribution in [0.3, 0.4) is 0 Å². The molecule has 5 aliphatic heterocycles. The van der Waals surface area contributed by atoms with Gasteiger partial charge in [-0.25, -0.2) is 4.79 Å². The largest absolute Gasteiger partial charge is 0.504 e. The molecule has 1 unspecified atom stereocenters. The molecular weight excluding hydrogens is 628 g/mol. The van der Waals surface area contributed by atoms with Crippen LogP contribution in [0.2, 0.25) is 0 Å². The molecule has 2 saturated heterocycles. The Hall–Kier alpha value is -4.19. The number of ether oxygens (including phenoxy) is 5. The van der Waals surface area contributed by atoms with Crippen molar-refractivity contribution >= 4 is 29.6 Å². The van der Waals surface area contributed by atoms with Gasteiger partial charge >= 0.3 is 11.9 Å². The molecule has 14 heteroatoms. The van der Waals surface area contributed by atoms with E-state index in [0.29, 0.717) is 51.7 Å². The maximum Gasteiger partial charge on any atom is 0.329 e. The highest BCUT2D eigenvalue weighted by Crippen LogP contribution is 2.64. The van der Waals surface area contributed by atoms with Crippen molar-refractivity contribution in [2.75, 3.05) is 33.3 Å². The average molecular weight is 665 g/mol. The van der Waals surface area contributed by atoms with Crippen molar-refractivity contribution in [1.82, 2.24) is 15.1 Å². The summed E-state index contributed by atoms with van der Waals surface area (Å²) in [6.07, 6.45) is 0.494. The number of aryl methyl sites for hydroxylation is 1. The molecule has 7 rings (SSSR count). The molecule has 2 aromatic rings. The van der Waals surface area contributed by atoms with Gasteiger partial charge < -0.3 is 34.1 Å². The molecule has 0 saturated carbocycles. The lowest BCUT2D eigenvalue weighted by Gasteiger charge is -2.61. The summed E-state index contributed by atoms with van der Waals surface area (Å²) in [6.45, 7) is 6.13. The zero-order valence-electron chi connectivity index (χ0n) is 26.9. The van der Waals surface area contributed by atoms with Gasteiger partial charge in [-0.3, -0.25) is 19.4 Å². The Morgan fingerprint density at radius 1 is 1.13 bits per heavy atom. The van der Waals surface area contributed by atoms with Crippen molar-refractivity contribution in [2.24, 2.45) is 0 Å². The van der Waals surface area contributed by atoms with Crippen LogP contribution in [0.25, 0.3) is 0 Å². The number of hydrogen-bond donors (Lipinski definition) is 2. The Bertz CT molecular complexity index is 1760. The van der Waals surface area contributed by atoms with Crippen molar-refractivity contribution in [1.29, 1.82) is 5.26 Å². The number of esters is 2. The SMILES string of the molecule is COc1c(C)cc2c(c1O)[C@@H]1C3[C@@H]4SC[C@H](NC(C)=O)C(=O)OC[C@H](c5c6c(c(C)c(OC(C)=O)c54)OCO6)N3[C@@H](C#N)[C@H](C2)N1C. The molecular formula is C33H36N4O9S. The molecule has 248 valence electrons. The quantitative estimate of drug-likeness (QED) is 0.365. The third-order valence-electron chi connectivity index (χ3n) is 10.0. The average Bonchev–Trinajstić information content (AvgIpc) is 3.50. The lowest BCUT2D eigenvalue weighted by atomic mass is 9.71. The first-order chi connectivity index (χ1) is 22.5. The second kappa shape index (κ2) is 11.5. The summed E-state index contributed by atoms with van der Waals surface area (Å²) < 4.78 is 29.6. The molecule has 1 amide bonds. The minimum absolute atomic E-state index is 0.0379. The van der Waals surface area contributed by atoms with Crippen molar-refractivity contribution in [3.05, 3.63) is 39.4 Å². The Balaban J connectivity index is 1.54. The van der Waals surface area contributed by atoms with E-state index in [4.69, 9.17) is 23.7 Å². The number of phenols is 1. The van der Waals surface area contributed by atoms with Crippen molar-refractivity contribution in [3.8, 4) is 34.8 Å². The number of carbonyl (C=O) groups is 3. The molecule has 5 aliphatic rings. The number of hydrogen-bond acceptors (Lipinski definition) is 13. The van der Waals surface area contributed by atoms with Crippen LogP contribution in [0.1, 0.15) is 64.6 Å². The molecule has 0 spiro atoms. The first kappa shape index (κ1) is 31.4. The van der Waals surface area contributed by atoms with E-state index in [1.165, 1.54) is 32.7 Å². The molecule has 2 N–H and O–H groups in total. The van der Waals surface area contributed by atoms with Gasteiger partial charge in [0.15, 0.2) is 23.0 Å². The molecule has 2 fully saturated rings. The monoisotopic (exact) mass is 664 g/mol. The summed E-state index contributed by atoms with van der Waals surface area (Å²) in [5.41, 5.74) is 4.30. The summed E-state index contributed by atoms with van der Waals surface area (Å²) in [5, 5.41) is 24.9. The van der Waals surface area contributed by atoms with Crippen LogP contribution in [0, 0.1) is 25.2 Å². The van der Waals surface area contributed by atoms with E-state index >= 15 is 0 Å².